The molecule has 1 aliphatic heterocycles. The molecule has 2 aromatic rings. The summed E-state index contributed by atoms with van der Waals surface area (Å²) < 4.78 is 2.42. The SMILES string of the molecule is CC(C)n1c(CN2CCNCC2)cc2c(Cl)cccc21. The molecule has 20 heavy (non-hydrogen) atoms. The van der Waals surface area contributed by atoms with Crippen molar-refractivity contribution in [3.8, 4) is 0 Å². The summed E-state index contributed by atoms with van der Waals surface area (Å²) in [6.45, 7) is 9.89. The van der Waals surface area contributed by atoms with Crippen molar-refractivity contribution in [1.82, 2.24) is 14.8 Å². The van der Waals surface area contributed by atoms with Crippen LogP contribution in [-0.4, -0.2) is 35.6 Å². The van der Waals surface area contributed by atoms with Gasteiger partial charge in [-0.3, -0.25) is 4.90 Å². The van der Waals surface area contributed by atoms with Crippen LogP contribution in [0.15, 0.2) is 24.3 Å². The van der Waals surface area contributed by atoms with Crippen molar-refractivity contribution in [3.05, 3.63) is 35.0 Å². The first-order valence-corrected chi connectivity index (χ1v) is 7.76. The molecule has 108 valence electrons. The first kappa shape index (κ1) is 13.9. The summed E-state index contributed by atoms with van der Waals surface area (Å²) in [6, 6.07) is 8.90. The highest BCUT2D eigenvalue weighted by molar-refractivity contribution is 6.35. The van der Waals surface area contributed by atoms with Crippen molar-refractivity contribution in [2.45, 2.75) is 26.4 Å². The molecule has 0 saturated carbocycles. The molecule has 0 aliphatic carbocycles. The second-order valence-corrected chi connectivity index (χ2v) is 6.21. The Morgan fingerprint density at radius 2 is 2.00 bits per heavy atom. The van der Waals surface area contributed by atoms with E-state index in [2.05, 4.69) is 40.8 Å². The Morgan fingerprint density at radius 1 is 1.25 bits per heavy atom. The van der Waals surface area contributed by atoms with E-state index in [1.807, 2.05) is 12.1 Å². The van der Waals surface area contributed by atoms with E-state index < -0.39 is 0 Å². The Bertz CT molecular complexity index is 597. The molecular weight excluding hydrogens is 270 g/mol. The van der Waals surface area contributed by atoms with Crippen LogP contribution in [0.4, 0.5) is 0 Å². The fourth-order valence-electron chi connectivity index (χ4n) is 3.10. The largest absolute Gasteiger partial charge is 0.341 e. The fourth-order valence-corrected chi connectivity index (χ4v) is 3.32. The molecule has 0 amide bonds. The van der Waals surface area contributed by atoms with E-state index in [1.165, 1.54) is 16.6 Å². The van der Waals surface area contributed by atoms with Gasteiger partial charge in [-0.2, -0.15) is 0 Å². The minimum Gasteiger partial charge on any atom is -0.341 e. The number of fused-ring (bicyclic) bond motifs is 1. The average Bonchev–Trinajstić information content (AvgIpc) is 2.79. The van der Waals surface area contributed by atoms with Gasteiger partial charge < -0.3 is 9.88 Å². The Balaban J connectivity index is 2.00. The second-order valence-electron chi connectivity index (χ2n) is 5.80. The van der Waals surface area contributed by atoms with Crippen LogP contribution in [0.3, 0.4) is 0 Å². The number of rotatable bonds is 3. The van der Waals surface area contributed by atoms with Gasteiger partial charge in [-0.05, 0) is 32.0 Å². The minimum absolute atomic E-state index is 0.448. The monoisotopic (exact) mass is 291 g/mol. The molecule has 1 aliphatic rings. The van der Waals surface area contributed by atoms with Crippen LogP contribution < -0.4 is 5.32 Å². The minimum atomic E-state index is 0.448. The number of halogens is 1. The number of hydrogen-bond acceptors (Lipinski definition) is 2. The first-order chi connectivity index (χ1) is 9.66. The lowest BCUT2D eigenvalue weighted by Crippen LogP contribution is -2.43. The quantitative estimate of drug-likeness (QED) is 0.936. The van der Waals surface area contributed by atoms with Gasteiger partial charge in [0, 0.05) is 60.4 Å². The lowest BCUT2D eigenvalue weighted by molar-refractivity contribution is 0.227. The molecule has 1 N–H and O–H groups in total. The summed E-state index contributed by atoms with van der Waals surface area (Å²) in [4.78, 5) is 2.51. The highest BCUT2D eigenvalue weighted by Gasteiger charge is 2.17. The molecule has 0 spiro atoms. The molecule has 1 fully saturated rings. The third kappa shape index (κ3) is 2.58. The van der Waals surface area contributed by atoms with Gasteiger partial charge >= 0.3 is 0 Å². The van der Waals surface area contributed by atoms with E-state index in [0.29, 0.717) is 6.04 Å². The zero-order valence-electron chi connectivity index (χ0n) is 12.2. The fraction of sp³-hybridized carbons (Fsp3) is 0.500. The first-order valence-electron chi connectivity index (χ1n) is 7.38. The zero-order chi connectivity index (χ0) is 14.1. The third-order valence-electron chi connectivity index (χ3n) is 4.02. The van der Waals surface area contributed by atoms with Crippen molar-refractivity contribution in [2.75, 3.05) is 26.2 Å². The molecule has 2 heterocycles. The van der Waals surface area contributed by atoms with Crippen LogP contribution in [0.2, 0.25) is 5.02 Å². The van der Waals surface area contributed by atoms with E-state index >= 15 is 0 Å². The number of nitrogens with one attached hydrogen (secondary N) is 1. The molecule has 0 unspecified atom stereocenters. The number of piperazine rings is 1. The van der Waals surface area contributed by atoms with Crippen LogP contribution in [0.1, 0.15) is 25.6 Å². The van der Waals surface area contributed by atoms with Crippen molar-refractivity contribution in [3.63, 3.8) is 0 Å². The number of benzene rings is 1. The van der Waals surface area contributed by atoms with E-state index in [9.17, 15) is 0 Å². The number of aromatic nitrogens is 1. The van der Waals surface area contributed by atoms with Crippen molar-refractivity contribution < 1.29 is 0 Å². The van der Waals surface area contributed by atoms with E-state index in [1.54, 1.807) is 0 Å². The molecule has 4 heteroatoms. The lowest BCUT2D eigenvalue weighted by Gasteiger charge is -2.28. The Kier molecular flexibility index (Phi) is 4.01. The number of hydrogen-bond donors (Lipinski definition) is 1. The van der Waals surface area contributed by atoms with Crippen LogP contribution in [-0.2, 0) is 6.54 Å². The van der Waals surface area contributed by atoms with Crippen LogP contribution in [0.5, 0.6) is 0 Å². The number of nitrogens with zero attached hydrogens (tertiary/aromatic N) is 2. The van der Waals surface area contributed by atoms with Crippen LogP contribution in [0.25, 0.3) is 10.9 Å². The lowest BCUT2D eigenvalue weighted by atomic mass is 10.2. The topological polar surface area (TPSA) is 20.2 Å². The predicted molar refractivity (Wildman–Crippen MR) is 85.5 cm³/mol. The van der Waals surface area contributed by atoms with Crippen molar-refractivity contribution in [1.29, 1.82) is 0 Å². The second kappa shape index (κ2) is 5.76. The maximum Gasteiger partial charge on any atom is 0.0500 e. The van der Waals surface area contributed by atoms with Gasteiger partial charge in [-0.25, -0.2) is 0 Å². The average molecular weight is 292 g/mol. The van der Waals surface area contributed by atoms with E-state index in [-0.39, 0.29) is 0 Å². The maximum atomic E-state index is 6.35. The Hall–Kier alpha value is -1.03. The third-order valence-corrected chi connectivity index (χ3v) is 4.35. The van der Waals surface area contributed by atoms with E-state index in [0.717, 1.165) is 37.7 Å². The van der Waals surface area contributed by atoms with Crippen molar-refractivity contribution in [2.24, 2.45) is 0 Å². The zero-order valence-corrected chi connectivity index (χ0v) is 13.0. The highest BCUT2D eigenvalue weighted by atomic mass is 35.5. The maximum absolute atomic E-state index is 6.35. The highest BCUT2D eigenvalue weighted by Crippen LogP contribution is 2.30. The molecule has 1 aromatic carbocycles. The molecule has 0 bridgehead atoms. The molecule has 3 rings (SSSR count). The standard InChI is InChI=1S/C16H22ClN3/c1-12(2)20-13(11-19-8-6-18-7-9-19)10-14-15(17)4-3-5-16(14)20/h3-5,10,12,18H,6-9,11H2,1-2H3. The van der Waals surface area contributed by atoms with Gasteiger partial charge in [0.2, 0.25) is 0 Å². The van der Waals surface area contributed by atoms with Gasteiger partial charge in [-0.15, -0.1) is 0 Å². The predicted octanol–water partition coefficient (Wildman–Crippen LogP) is 3.28. The summed E-state index contributed by atoms with van der Waals surface area (Å²) in [5, 5.41) is 5.43. The summed E-state index contributed by atoms with van der Waals surface area (Å²) >= 11 is 6.35. The molecular formula is C16H22ClN3. The molecule has 1 saturated heterocycles. The summed E-state index contributed by atoms with van der Waals surface area (Å²) in [5.74, 6) is 0. The van der Waals surface area contributed by atoms with Gasteiger partial charge in [0.05, 0.1) is 0 Å². The van der Waals surface area contributed by atoms with Crippen LogP contribution >= 0.6 is 11.6 Å². The normalized spacial score (nSPS) is 17.2. The van der Waals surface area contributed by atoms with Gasteiger partial charge in [0.25, 0.3) is 0 Å². The van der Waals surface area contributed by atoms with Gasteiger partial charge in [-0.1, -0.05) is 17.7 Å². The summed E-state index contributed by atoms with van der Waals surface area (Å²) in [5.41, 5.74) is 2.61. The Labute approximate surface area is 125 Å². The molecule has 0 radical (unpaired) electrons. The van der Waals surface area contributed by atoms with Crippen LogP contribution in [0, 0.1) is 0 Å². The van der Waals surface area contributed by atoms with Gasteiger partial charge in [0.1, 0.15) is 0 Å². The smallest absolute Gasteiger partial charge is 0.0500 e. The Morgan fingerprint density at radius 3 is 2.70 bits per heavy atom. The van der Waals surface area contributed by atoms with Crippen molar-refractivity contribution >= 4 is 22.5 Å². The molecule has 1 aromatic heterocycles. The molecule has 3 nitrogen and oxygen atoms in total. The van der Waals surface area contributed by atoms with Gasteiger partial charge in [0.15, 0.2) is 0 Å². The summed E-state index contributed by atoms with van der Waals surface area (Å²) in [6.07, 6.45) is 0. The van der Waals surface area contributed by atoms with E-state index in [4.69, 9.17) is 11.6 Å². The molecule has 0 atom stereocenters. The summed E-state index contributed by atoms with van der Waals surface area (Å²) in [7, 11) is 0.